The first kappa shape index (κ1) is 25.6. The topological polar surface area (TPSA) is 122 Å². The van der Waals surface area contributed by atoms with Gasteiger partial charge in [0.15, 0.2) is 0 Å². The Kier molecular flexibility index (Phi) is 8.07. The molecule has 0 unspecified atom stereocenters. The standard InChI is InChI=1S/C23H29N3O7S2/c27-23(19-4-3-5-22(18-19)35(30,31)26-13-16-32-17-14-26)24-10-15-33-20-6-8-21(9-7-20)34(28,29)25-11-1-2-12-25/h3-9,18H,1-2,10-17H2,(H,24,27). The highest BCUT2D eigenvalue weighted by molar-refractivity contribution is 7.89. The maximum atomic E-state index is 12.8. The van der Waals surface area contributed by atoms with Gasteiger partial charge in [-0.25, -0.2) is 16.8 Å². The number of benzene rings is 2. The average Bonchev–Trinajstić information content (AvgIpc) is 3.44. The molecule has 0 spiro atoms. The van der Waals surface area contributed by atoms with Gasteiger partial charge in [0.25, 0.3) is 5.91 Å². The molecule has 2 saturated heterocycles. The predicted molar refractivity (Wildman–Crippen MR) is 128 cm³/mol. The van der Waals surface area contributed by atoms with Crippen LogP contribution in [0.15, 0.2) is 58.3 Å². The van der Waals surface area contributed by atoms with Crippen LogP contribution in [-0.2, 0) is 24.8 Å². The van der Waals surface area contributed by atoms with E-state index in [1.807, 2.05) is 0 Å². The van der Waals surface area contributed by atoms with Crippen LogP contribution in [0.2, 0.25) is 0 Å². The Morgan fingerprint density at radius 2 is 1.49 bits per heavy atom. The molecule has 0 aliphatic carbocycles. The van der Waals surface area contributed by atoms with Gasteiger partial charge in [-0.15, -0.1) is 0 Å². The Morgan fingerprint density at radius 3 is 2.17 bits per heavy atom. The third-order valence-electron chi connectivity index (χ3n) is 5.89. The molecule has 2 aromatic carbocycles. The van der Waals surface area contributed by atoms with Gasteiger partial charge in [0.2, 0.25) is 20.0 Å². The number of sulfonamides is 2. The molecule has 0 saturated carbocycles. The monoisotopic (exact) mass is 523 g/mol. The van der Waals surface area contributed by atoms with Gasteiger partial charge in [-0.2, -0.15) is 8.61 Å². The summed E-state index contributed by atoms with van der Waals surface area (Å²) < 4.78 is 64.5. The van der Waals surface area contributed by atoms with Crippen LogP contribution in [-0.4, -0.2) is 83.9 Å². The van der Waals surface area contributed by atoms with E-state index in [9.17, 15) is 21.6 Å². The van der Waals surface area contributed by atoms with Crippen molar-refractivity contribution in [2.45, 2.75) is 22.6 Å². The molecule has 0 aromatic heterocycles. The van der Waals surface area contributed by atoms with Crippen molar-refractivity contribution in [3.8, 4) is 5.75 Å². The summed E-state index contributed by atoms with van der Waals surface area (Å²) in [6, 6.07) is 12.1. The van der Waals surface area contributed by atoms with Crippen molar-refractivity contribution in [3.05, 3.63) is 54.1 Å². The first-order valence-corrected chi connectivity index (χ1v) is 14.4. The summed E-state index contributed by atoms with van der Waals surface area (Å²) >= 11 is 0. The van der Waals surface area contributed by atoms with Gasteiger partial charge in [0, 0.05) is 31.7 Å². The maximum absolute atomic E-state index is 12.8. The Labute approximate surface area is 205 Å². The van der Waals surface area contributed by atoms with Crippen molar-refractivity contribution in [3.63, 3.8) is 0 Å². The molecular weight excluding hydrogens is 494 g/mol. The number of rotatable bonds is 9. The van der Waals surface area contributed by atoms with E-state index in [4.69, 9.17) is 9.47 Å². The number of hydrogen-bond acceptors (Lipinski definition) is 7. The minimum Gasteiger partial charge on any atom is -0.492 e. The molecule has 0 bridgehead atoms. The lowest BCUT2D eigenvalue weighted by Gasteiger charge is -2.26. The highest BCUT2D eigenvalue weighted by Crippen LogP contribution is 2.23. The zero-order chi connectivity index (χ0) is 24.9. The Morgan fingerprint density at radius 1 is 0.857 bits per heavy atom. The van der Waals surface area contributed by atoms with E-state index in [-0.39, 0.29) is 41.6 Å². The number of ether oxygens (including phenoxy) is 2. The van der Waals surface area contributed by atoms with Crippen molar-refractivity contribution >= 4 is 26.0 Å². The van der Waals surface area contributed by atoms with Gasteiger partial charge >= 0.3 is 0 Å². The summed E-state index contributed by atoms with van der Waals surface area (Å²) in [6.45, 7) is 2.68. The molecule has 2 aliphatic rings. The number of amides is 1. The summed E-state index contributed by atoms with van der Waals surface area (Å²) in [5, 5.41) is 2.71. The van der Waals surface area contributed by atoms with Crippen LogP contribution < -0.4 is 10.1 Å². The van der Waals surface area contributed by atoms with Gasteiger partial charge in [-0.1, -0.05) is 6.07 Å². The summed E-state index contributed by atoms with van der Waals surface area (Å²) in [5.74, 6) is 0.0675. The van der Waals surface area contributed by atoms with E-state index >= 15 is 0 Å². The molecule has 1 N–H and O–H groups in total. The maximum Gasteiger partial charge on any atom is 0.251 e. The normalized spacial score (nSPS) is 17.8. The molecule has 2 heterocycles. The van der Waals surface area contributed by atoms with Gasteiger partial charge in [-0.05, 0) is 55.3 Å². The molecule has 10 nitrogen and oxygen atoms in total. The van der Waals surface area contributed by atoms with Crippen molar-refractivity contribution in [1.29, 1.82) is 0 Å². The average molecular weight is 524 g/mol. The lowest BCUT2D eigenvalue weighted by atomic mass is 10.2. The summed E-state index contributed by atoms with van der Waals surface area (Å²) in [6.07, 6.45) is 1.75. The van der Waals surface area contributed by atoms with E-state index in [0.717, 1.165) is 12.8 Å². The minimum absolute atomic E-state index is 0.0623. The Bertz CT molecular complexity index is 1240. The van der Waals surface area contributed by atoms with E-state index in [1.165, 1.54) is 38.9 Å². The van der Waals surface area contributed by atoms with Crippen LogP contribution in [0, 0.1) is 0 Å². The molecule has 12 heteroatoms. The fraction of sp³-hybridized carbons (Fsp3) is 0.435. The quantitative estimate of drug-likeness (QED) is 0.492. The first-order chi connectivity index (χ1) is 16.8. The van der Waals surface area contributed by atoms with E-state index in [2.05, 4.69) is 5.32 Å². The zero-order valence-corrected chi connectivity index (χ0v) is 20.9. The predicted octanol–water partition coefficient (Wildman–Crippen LogP) is 1.30. The highest BCUT2D eigenvalue weighted by Gasteiger charge is 2.28. The van der Waals surface area contributed by atoms with E-state index < -0.39 is 26.0 Å². The molecule has 1 amide bonds. The Hall–Kier alpha value is -2.51. The van der Waals surface area contributed by atoms with Crippen LogP contribution >= 0.6 is 0 Å². The van der Waals surface area contributed by atoms with Crippen molar-refractivity contribution < 1.29 is 31.1 Å². The lowest BCUT2D eigenvalue weighted by molar-refractivity contribution is 0.0730. The van der Waals surface area contributed by atoms with Crippen molar-refractivity contribution in [2.75, 3.05) is 52.5 Å². The summed E-state index contributed by atoms with van der Waals surface area (Å²) in [5.41, 5.74) is 0.232. The third-order valence-corrected chi connectivity index (χ3v) is 9.69. The fourth-order valence-electron chi connectivity index (χ4n) is 3.95. The first-order valence-electron chi connectivity index (χ1n) is 11.5. The number of morpholine rings is 1. The molecule has 2 aromatic rings. The van der Waals surface area contributed by atoms with Gasteiger partial charge in [0.05, 0.1) is 29.5 Å². The molecule has 190 valence electrons. The summed E-state index contributed by atoms with van der Waals surface area (Å²) in [4.78, 5) is 12.8. The van der Waals surface area contributed by atoms with E-state index in [0.29, 0.717) is 32.1 Å². The molecule has 4 rings (SSSR count). The molecular formula is C23H29N3O7S2. The van der Waals surface area contributed by atoms with E-state index in [1.54, 1.807) is 18.2 Å². The van der Waals surface area contributed by atoms with Crippen molar-refractivity contribution in [2.24, 2.45) is 0 Å². The second-order valence-electron chi connectivity index (χ2n) is 8.23. The fourth-order valence-corrected chi connectivity index (χ4v) is 6.93. The zero-order valence-electron chi connectivity index (χ0n) is 19.3. The van der Waals surface area contributed by atoms with Crippen LogP contribution in [0.4, 0.5) is 0 Å². The number of nitrogens with one attached hydrogen (secondary N) is 1. The van der Waals surface area contributed by atoms with Crippen LogP contribution in [0.5, 0.6) is 5.75 Å². The van der Waals surface area contributed by atoms with Crippen LogP contribution in [0.1, 0.15) is 23.2 Å². The molecule has 35 heavy (non-hydrogen) atoms. The van der Waals surface area contributed by atoms with Crippen molar-refractivity contribution in [1.82, 2.24) is 13.9 Å². The molecule has 2 fully saturated rings. The second kappa shape index (κ2) is 11.0. The number of carbonyl (C=O) groups excluding carboxylic acids is 1. The smallest absolute Gasteiger partial charge is 0.251 e. The highest BCUT2D eigenvalue weighted by atomic mass is 32.2. The largest absolute Gasteiger partial charge is 0.492 e. The summed E-state index contributed by atoms with van der Waals surface area (Å²) in [7, 11) is -7.17. The SMILES string of the molecule is O=C(NCCOc1ccc(S(=O)(=O)N2CCCC2)cc1)c1cccc(S(=O)(=O)N2CCOCC2)c1. The van der Waals surface area contributed by atoms with Crippen LogP contribution in [0.25, 0.3) is 0 Å². The van der Waals surface area contributed by atoms with Gasteiger partial charge in [0.1, 0.15) is 12.4 Å². The second-order valence-corrected chi connectivity index (χ2v) is 12.1. The number of nitrogens with zero attached hydrogens (tertiary/aromatic N) is 2. The lowest BCUT2D eigenvalue weighted by Crippen LogP contribution is -2.40. The van der Waals surface area contributed by atoms with Crippen LogP contribution in [0.3, 0.4) is 0 Å². The minimum atomic E-state index is -3.70. The molecule has 2 aliphatic heterocycles. The number of carbonyl (C=O) groups is 1. The molecule has 0 atom stereocenters. The van der Waals surface area contributed by atoms with Gasteiger partial charge in [-0.3, -0.25) is 4.79 Å². The molecule has 0 radical (unpaired) electrons. The Balaban J connectivity index is 1.28. The van der Waals surface area contributed by atoms with Gasteiger partial charge < -0.3 is 14.8 Å². The number of hydrogen-bond donors (Lipinski definition) is 1. The third kappa shape index (κ3) is 6.01.